The molecule has 1 heterocycles. The molecular weight excluding hydrogens is 292 g/mol. The second-order valence-electron chi connectivity index (χ2n) is 4.65. The van der Waals surface area contributed by atoms with Crippen LogP contribution in [0.25, 0.3) is 0 Å². The summed E-state index contributed by atoms with van der Waals surface area (Å²) in [5, 5.41) is 3.07. The van der Waals surface area contributed by atoms with E-state index in [0.717, 1.165) is 26.0 Å². The lowest BCUT2D eigenvalue weighted by Crippen LogP contribution is -2.26. The molecule has 1 aromatic heterocycles. The molecule has 3 nitrogen and oxygen atoms in total. The molecule has 0 unspecified atom stereocenters. The summed E-state index contributed by atoms with van der Waals surface area (Å²) in [5.41, 5.74) is 2.71. The summed E-state index contributed by atoms with van der Waals surface area (Å²) < 4.78 is 0.746. The molecule has 1 N–H and O–H groups in total. The van der Waals surface area contributed by atoms with E-state index < -0.39 is 0 Å². The fourth-order valence-electron chi connectivity index (χ4n) is 2.01. The average Bonchev–Trinajstić information content (AvgIpc) is 2.83. The van der Waals surface area contributed by atoms with Gasteiger partial charge in [-0.2, -0.15) is 0 Å². The number of thiophene rings is 1. The van der Waals surface area contributed by atoms with E-state index in [2.05, 4.69) is 5.32 Å². The molecule has 0 saturated heterocycles. The molecule has 1 amide bonds. The fourth-order valence-corrected chi connectivity index (χ4v) is 3.15. The molecule has 0 saturated carbocycles. The van der Waals surface area contributed by atoms with Crippen LogP contribution in [0.4, 0.5) is 5.69 Å². The van der Waals surface area contributed by atoms with Gasteiger partial charge in [-0.1, -0.05) is 11.6 Å². The number of nitrogens with zero attached hydrogens (tertiary/aromatic N) is 1. The zero-order chi connectivity index (χ0) is 14.7. The van der Waals surface area contributed by atoms with Crippen molar-refractivity contribution in [3.63, 3.8) is 0 Å². The van der Waals surface area contributed by atoms with E-state index in [9.17, 15) is 4.79 Å². The molecule has 0 spiro atoms. The molecular formula is C15H17ClN2OS. The normalized spacial score (nSPS) is 10.4. The largest absolute Gasteiger partial charge is 0.388 e. The summed E-state index contributed by atoms with van der Waals surface area (Å²) in [4.78, 5) is 15.2. The van der Waals surface area contributed by atoms with Crippen molar-refractivity contribution in [2.45, 2.75) is 13.5 Å². The highest BCUT2D eigenvalue weighted by atomic mass is 35.5. The lowest BCUT2D eigenvalue weighted by atomic mass is 10.1. The molecule has 5 heteroatoms. The van der Waals surface area contributed by atoms with E-state index in [1.165, 1.54) is 11.3 Å². The van der Waals surface area contributed by atoms with Crippen LogP contribution in [-0.4, -0.2) is 24.9 Å². The summed E-state index contributed by atoms with van der Waals surface area (Å²) in [6, 6.07) is 9.56. The first-order valence-corrected chi connectivity index (χ1v) is 7.49. The first-order chi connectivity index (χ1) is 9.51. The van der Waals surface area contributed by atoms with Crippen LogP contribution in [0, 0.1) is 6.92 Å². The number of carbonyl (C=O) groups excluding carboxylic acids is 1. The van der Waals surface area contributed by atoms with Gasteiger partial charge in [0.05, 0.1) is 10.9 Å². The lowest BCUT2D eigenvalue weighted by molar-refractivity contribution is 0.0786. The summed E-state index contributed by atoms with van der Waals surface area (Å²) in [7, 11) is 3.67. The number of hydrogen-bond donors (Lipinski definition) is 1. The highest BCUT2D eigenvalue weighted by molar-refractivity contribution is 7.16. The maximum atomic E-state index is 12.5. The number of carbonyl (C=O) groups is 1. The Morgan fingerprint density at radius 1 is 1.35 bits per heavy atom. The van der Waals surface area contributed by atoms with Crippen molar-refractivity contribution in [2.75, 3.05) is 19.4 Å². The molecule has 2 rings (SSSR count). The Morgan fingerprint density at radius 2 is 2.10 bits per heavy atom. The third kappa shape index (κ3) is 3.32. The number of anilines is 1. The topological polar surface area (TPSA) is 32.3 Å². The maximum absolute atomic E-state index is 12.5. The summed E-state index contributed by atoms with van der Waals surface area (Å²) in [5.74, 6) is 0.0228. The van der Waals surface area contributed by atoms with Gasteiger partial charge in [0.15, 0.2) is 0 Å². The van der Waals surface area contributed by atoms with Crippen LogP contribution in [0.3, 0.4) is 0 Å². The number of halogens is 1. The molecule has 0 radical (unpaired) electrons. The van der Waals surface area contributed by atoms with Crippen LogP contribution in [0.1, 0.15) is 20.8 Å². The van der Waals surface area contributed by atoms with Crippen LogP contribution in [-0.2, 0) is 6.54 Å². The van der Waals surface area contributed by atoms with Gasteiger partial charge in [-0.25, -0.2) is 0 Å². The van der Waals surface area contributed by atoms with E-state index in [4.69, 9.17) is 11.6 Å². The summed E-state index contributed by atoms with van der Waals surface area (Å²) in [6.07, 6.45) is 0. The van der Waals surface area contributed by atoms with Gasteiger partial charge in [0.25, 0.3) is 5.91 Å². The molecule has 0 bridgehead atoms. The highest BCUT2D eigenvalue weighted by Crippen LogP contribution is 2.23. The Kier molecular flexibility index (Phi) is 4.68. The van der Waals surface area contributed by atoms with Crippen LogP contribution >= 0.6 is 22.9 Å². The van der Waals surface area contributed by atoms with Crippen molar-refractivity contribution in [1.82, 2.24) is 4.90 Å². The van der Waals surface area contributed by atoms with Gasteiger partial charge in [-0.3, -0.25) is 4.79 Å². The number of rotatable bonds is 4. The van der Waals surface area contributed by atoms with E-state index in [-0.39, 0.29) is 5.91 Å². The highest BCUT2D eigenvalue weighted by Gasteiger charge is 2.15. The molecule has 0 fully saturated rings. The number of nitrogens with one attached hydrogen (secondary N) is 1. The Bertz CT molecular complexity index is 624. The SMILES string of the molecule is CNc1ccc(C(=O)N(C)Cc2ccc(Cl)s2)c(C)c1. The molecule has 0 aliphatic rings. The fraction of sp³-hybridized carbons (Fsp3) is 0.267. The van der Waals surface area contributed by atoms with E-state index >= 15 is 0 Å². The number of aryl methyl sites for hydroxylation is 1. The van der Waals surface area contributed by atoms with Gasteiger partial charge >= 0.3 is 0 Å². The van der Waals surface area contributed by atoms with Gasteiger partial charge in [0, 0.05) is 30.2 Å². The minimum absolute atomic E-state index is 0.0228. The minimum atomic E-state index is 0.0228. The van der Waals surface area contributed by atoms with Gasteiger partial charge in [0.1, 0.15) is 0 Å². The number of hydrogen-bond acceptors (Lipinski definition) is 3. The molecule has 0 atom stereocenters. The number of amides is 1. The lowest BCUT2D eigenvalue weighted by Gasteiger charge is -2.18. The summed E-state index contributed by atoms with van der Waals surface area (Å²) >= 11 is 7.41. The van der Waals surface area contributed by atoms with Gasteiger partial charge < -0.3 is 10.2 Å². The van der Waals surface area contributed by atoms with Crippen molar-refractivity contribution in [3.8, 4) is 0 Å². The second-order valence-corrected chi connectivity index (χ2v) is 6.45. The molecule has 0 aliphatic carbocycles. The minimum Gasteiger partial charge on any atom is -0.388 e. The molecule has 0 aliphatic heterocycles. The Hall–Kier alpha value is -1.52. The smallest absolute Gasteiger partial charge is 0.254 e. The molecule has 2 aromatic rings. The summed E-state index contributed by atoms with van der Waals surface area (Å²) in [6.45, 7) is 2.52. The van der Waals surface area contributed by atoms with Gasteiger partial charge in [-0.05, 0) is 42.8 Å². The van der Waals surface area contributed by atoms with Crippen LogP contribution in [0.15, 0.2) is 30.3 Å². The monoisotopic (exact) mass is 308 g/mol. The molecule has 1 aromatic carbocycles. The van der Waals surface area contributed by atoms with Crippen molar-refractivity contribution in [1.29, 1.82) is 0 Å². The standard InChI is InChI=1S/C15H17ClN2OS/c1-10-8-11(17-2)4-6-13(10)15(19)18(3)9-12-5-7-14(16)20-12/h4-8,17H,9H2,1-3H3. The van der Waals surface area contributed by atoms with Gasteiger partial charge in [-0.15, -0.1) is 11.3 Å². The number of benzene rings is 1. The quantitative estimate of drug-likeness (QED) is 0.925. The van der Waals surface area contributed by atoms with Crippen molar-refractivity contribution in [2.24, 2.45) is 0 Å². The molecule has 106 valence electrons. The second kappa shape index (κ2) is 6.29. The first-order valence-electron chi connectivity index (χ1n) is 6.29. The van der Waals surface area contributed by atoms with Crippen LogP contribution in [0.2, 0.25) is 4.34 Å². The first kappa shape index (κ1) is 14.9. The zero-order valence-corrected chi connectivity index (χ0v) is 13.3. The predicted octanol–water partition coefficient (Wildman–Crippen LogP) is 4.02. The third-order valence-electron chi connectivity index (χ3n) is 3.11. The van der Waals surface area contributed by atoms with Gasteiger partial charge in [0.2, 0.25) is 0 Å². The van der Waals surface area contributed by atoms with Crippen LogP contribution in [0.5, 0.6) is 0 Å². The predicted molar refractivity (Wildman–Crippen MR) is 85.9 cm³/mol. The Labute approximate surface area is 128 Å². The van der Waals surface area contributed by atoms with E-state index in [1.807, 2.05) is 44.3 Å². The zero-order valence-electron chi connectivity index (χ0n) is 11.7. The van der Waals surface area contributed by atoms with Crippen molar-refractivity contribution in [3.05, 3.63) is 50.7 Å². The maximum Gasteiger partial charge on any atom is 0.254 e. The van der Waals surface area contributed by atoms with Crippen molar-refractivity contribution < 1.29 is 4.79 Å². The Morgan fingerprint density at radius 3 is 2.65 bits per heavy atom. The van der Waals surface area contributed by atoms with E-state index in [1.54, 1.807) is 11.9 Å². The molecule has 20 heavy (non-hydrogen) atoms. The van der Waals surface area contributed by atoms with Crippen molar-refractivity contribution >= 4 is 34.5 Å². The average molecular weight is 309 g/mol. The third-order valence-corrected chi connectivity index (χ3v) is 4.33. The van der Waals surface area contributed by atoms with Crippen LogP contribution < -0.4 is 5.32 Å². The van der Waals surface area contributed by atoms with E-state index in [0.29, 0.717) is 6.54 Å². The Balaban J connectivity index is 2.14.